The minimum absolute atomic E-state index is 0.0389. The average molecular weight is 322 g/mol. The molecule has 0 bridgehead atoms. The first-order valence-corrected chi connectivity index (χ1v) is 7.76. The summed E-state index contributed by atoms with van der Waals surface area (Å²) in [5.74, 6) is -0.0520. The van der Waals surface area contributed by atoms with Crippen molar-refractivity contribution in [3.63, 3.8) is 0 Å². The number of rotatable bonds is 4. The summed E-state index contributed by atoms with van der Waals surface area (Å²) in [6, 6.07) is 16.1. The molecule has 4 nitrogen and oxygen atoms in total. The van der Waals surface area contributed by atoms with Crippen LogP contribution in [0.25, 0.3) is 10.8 Å². The molecule has 0 aliphatic carbocycles. The van der Waals surface area contributed by atoms with Crippen molar-refractivity contribution in [3.05, 3.63) is 65.7 Å². The number of carbonyl (C=O) groups is 1. The number of ether oxygens (including phenoxy) is 2. The largest absolute Gasteiger partial charge is 0.506 e. The van der Waals surface area contributed by atoms with Gasteiger partial charge in [0.25, 0.3) is 0 Å². The lowest BCUT2D eigenvalue weighted by molar-refractivity contribution is 0.0727. The van der Waals surface area contributed by atoms with E-state index in [0.717, 1.165) is 10.9 Å². The molecule has 3 aromatic rings. The van der Waals surface area contributed by atoms with Crippen molar-refractivity contribution in [1.82, 2.24) is 0 Å². The third-order valence-corrected chi connectivity index (χ3v) is 3.69. The Morgan fingerprint density at radius 1 is 1.08 bits per heavy atom. The Kier molecular flexibility index (Phi) is 4.38. The molecule has 0 amide bonds. The van der Waals surface area contributed by atoms with Crippen molar-refractivity contribution < 1.29 is 19.4 Å². The van der Waals surface area contributed by atoms with Crippen molar-refractivity contribution in [2.75, 3.05) is 6.61 Å². The molecule has 3 rings (SSSR count). The number of hydrogen-bond donors (Lipinski definition) is 1. The van der Waals surface area contributed by atoms with E-state index in [4.69, 9.17) is 9.47 Å². The summed E-state index contributed by atoms with van der Waals surface area (Å²) in [6.45, 7) is 4.17. The topological polar surface area (TPSA) is 55.8 Å². The van der Waals surface area contributed by atoms with Gasteiger partial charge in [0.15, 0.2) is 0 Å². The van der Waals surface area contributed by atoms with Crippen LogP contribution < -0.4 is 9.47 Å². The fourth-order valence-corrected chi connectivity index (χ4v) is 2.60. The predicted octanol–water partition coefficient (Wildman–Crippen LogP) is 4.47. The SMILES string of the molecule is CCOc1cc2cc(C)ccc2c(O)c1C(=O)Oc1ccccc1. The van der Waals surface area contributed by atoms with Gasteiger partial charge in [-0.25, -0.2) is 4.79 Å². The highest BCUT2D eigenvalue weighted by atomic mass is 16.5. The molecule has 0 aliphatic rings. The smallest absolute Gasteiger partial charge is 0.351 e. The van der Waals surface area contributed by atoms with E-state index >= 15 is 0 Å². The maximum absolute atomic E-state index is 12.6. The molecule has 0 heterocycles. The Morgan fingerprint density at radius 3 is 2.54 bits per heavy atom. The Morgan fingerprint density at radius 2 is 1.83 bits per heavy atom. The molecule has 1 N–H and O–H groups in total. The molecule has 122 valence electrons. The normalized spacial score (nSPS) is 10.6. The van der Waals surface area contributed by atoms with Crippen LogP contribution in [0.5, 0.6) is 17.2 Å². The van der Waals surface area contributed by atoms with Gasteiger partial charge in [0.1, 0.15) is 22.8 Å². The minimum atomic E-state index is -0.648. The summed E-state index contributed by atoms with van der Waals surface area (Å²) in [5, 5.41) is 12.0. The van der Waals surface area contributed by atoms with Gasteiger partial charge in [0, 0.05) is 5.39 Å². The molecule has 0 aromatic heterocycles. The van der Waals surface area contributed by atoms with Crippen LogP contribution in [0.2, 0.25) is 0 Å². The van der Waals surface area contributed by atoms with Crippen LogP contribution in [0.15, 0.2) is 54.6 Å². The van der Waals surface area contributed by atoms with Gasteiger partial charge in [0.05, 0.1) is 6.61 Å². The third-order valence-electron chi connectivity index (χ3n) is 3.69. The molecule has 0 atom stereocenters. The van der Waals surface area contributed by atoms with Gasteiger partial charge in [-0.2, -0.15) is 0 Å². The molecule has 0 aliphatic heterocycles. The van der Waals surface area contributed by atoms with Crippen LogP contribution in [0.1, 0.15) is 22.8 Å². The third kappa shape index (κ3) is 3.04. The highest BCUT2D eigenvalue weighted by Gasteiger charge is 2.22. The van der Waals surface area contributed by atoms with E-state index in [1.165, 1.54) is 0 Å². The summed E-state index contributed by atoms with van der Waals surface area (Å²) in [6.07, 6.45) is 0. The zero-order valence-electron chi connectivity index (χ0n) is 13.6. The number of hydrogen-bond acceptors (Lipinski definition) is 4. The van der Waals surface area contributed by atoms with Gasteiger partial charge in [-0.05, 0) is 37.4 Å². The van der Waals surface area contributed by atoms with Crippen molar-refractivity contribution in [1.29, 1.82) is 0 Å². The second kappa shape index (κ2) is 6.62. The number of benzene rings is 3. The van der Waals surface area contributed by atoms with Crippen molar-refractivity contribution in [3.8, 4) is 17.2 Å². The van der Waals surface area contributed by atoms with Crippen LogP contribution in [0.3, 0.4) is 0 Å². The number of aromatic hydroxyl groups is 1. The highest BCUT2D eigenvalue weighted by Crippen LogP contribution is 2.37. The zero-order valence-corrected chi connectivity index (χ0v) is 13.6. The first-order chi connectivity index (χ1) is 11.6. The number of aryl methyl sites for hydroxylation is 1. The lowest BCUT2D eigenvalue weighted by Gasteiger charge is -2.14. The molecule has 0 saturated heterocycles. The number of fused-ring (bicyclic) bond motifs is 1. The standard InChI is InChI=1S/C20H18O4/c1-3-23-17-12-14-11-13(2)9-10-16(14)19(21)18(17)20(22)24-15-7-5-4-6-8-15/h4-12,21H,3H2,1-2H3. The lowest BCUT2D eigenvalue weighted by Crippen LogP contribution is -2.11. The number of phenols is 1. The van der Waals surface area contributed by atoms with Crippen LogP contribution in [0.4, 0.5) is 0 Å². The summed E-state index contributed by atoms with van der Waals surface area (Å²) < 4.78 is 10.9. The summed E-state index contributed by atoms with van der Waals surface area (Å²) in [5.41, 5.74) is 1.10. The molecule has 0 saturated carbocycles. The molecular formula is C20H18O4. The maximum Gasteiger partial charge on any atom is 0.351 e. The molecule has 0 spiro atoms. The minimum Gasteiger partial charge on any atom is -0.506 e. The van der Waals surface area contributed by atoms with Crippen molar-refractivity contribution >= 4 is 16.7 Å². The van der Waals surface area contributed by atoms with E-state index in [1.54, 1.807) is 36.4 Å². The Hall–Kier alpha value is -3.01. The van der Waals surface area contributed by atoms with E-state index in [-0.39, 0.29) is 11.3 Å². The quantitative estimate of drug-likeness (QED) is 0.569. The fourth-order valence-electron chi connectivity index (χ4n) is 2.60. The second-order valence-corrected chi connectivity index (χ2v) is 5.46. The fraction of sp³-hybridized carbons (Fsp3) is 0.150. The number of para-hydroxylation sites is 1. The Balaban J connectivity index is 2.10. The van der Waals surface area contributed by atoms with Gasteiger partial charge in [0.2, 0.25) is 0 Å². The van der Waals surface area contributed by atoms with Crippen molar-refractivity contribution in [2.45, 2.75) is 13.8 Å². The van der Waals surface area contributed by atoms with Gasteiger partial charge in [-0.1, -0.05) is 42.0 Å². The van der Waals surface area contributed by atoms with Gasteiger partial charge < -0.3 is 14.6 Å². The average Bonchev–Trinajstić information content (AvgIpc) is 2.55. The molecular weight excluding hydrogens is 304 g/mol. The molecule has 4 heteroatoms. The zero-order chi connectivity index (χ0) is 17.1. The van der Waals surface area contributed by atoms with Gasteiger partial charge in [-0.3, -0.25) is 0 Å². The number of esters is 1. The van der Waals surface area contributed by atoms with Gasteiger partial charge in [-0.15, -0.1) is 0 Å². The number of phenolic OH excluding ortho intramolecular Hbond substituents is 1. The highest BCUT2D eigenvalue weighted by molar-refractivity contribution is 6.04. The first kappa shape index (κ1) is 15.9. The predicted molar refractivity (Wildman–Crippen MR) is 92.9 cm³/mol. The molecule has 24 heavy (non-hydrogen) atoms. The van der Waals surface area contributed by atoms with Crippen LogP contribution in [0, 0.1) is 6.92 Å². The second-order valence-electron chi connectivity index (χ2n) is 5.46. The monoisotopic (exact) mass is 322 g/mol. The van der Waals surface area contributed by atoms with E-state index in [9.17, 15) is 9.90 Å². The summed E-state index contributed by atoms with van der Waals surface area (Å²) >= 11 is 0. The number of carbonyl (C=O) groups excluding carboxylic acids is 1. The van der Waals surface area contributed by atoms with Crippen LogP contribution in [-0.2, 0) is 0 Å². The Bertz CT molecular complexity index is 885. The summed E-state index contributed by atoms with van der Waals surface area (Å²) in [7, 11) is 0. The molecule has 0 radical (unpaired) electrons. The van der Waals surface area contributed by atoms with Crippen LogP contribution in [-0.4, -0.2) is 17.7 Å². The summed E-state index contributed by atoms with van der Waals surface area (Å²) in [4.78, 5) is 12.6. The van der Waals surface area contributed by atoms with Crippen molar-refractivity contribution in [2.24, 2.45) is 0 Å². The van der Waals surface area contributed by atoms with E-state index in [1.807, 2.05) is 32.0 Å². The molecule has 3 aromatic carbocycles. The van der Waals surface area contributed by atoms with Gasteiger partial charge >= 0.3 is 5.97 Å². The lowest BCUT2D eigenvalue weighted by atomic mass is 10.0. The Labute approximate surface area is 140 Å². The maximum atomic E-state index is 12.6. The molecule has 0 unspecified atom stereocenters. The van der Waals surface area contributed by atoms with Crippen LogP contribution >= 0.6 is 0 Å². The van der Waals surface area contributed by atoms with E-state index < -0.39 is 5.97 Å². The first-order valence-electron chi connectivity index (χ1n) is 7.76. The van der Waals surface area contributed by atoms with E-state index in [0.29, 0.717) is 23.5 Å². The van der Waals surface area contributed by atoms with E-state index in [2.05, 4.69) is 0 Å². The molecule has 0 fully saturated rings.